The lowest BCUT2D eigenvalue weighted by Crippen LogP contribution is -1.96. The number of hydrogen-bond acceptors (Lipinski definition) is 4. The third kappa shape index (κ3) is 2.92. The van der Waals surface area contributed by atoms with E-state index in [0.717, 1.165) is 20.5 Å². The van der Waals surface area contributed by atoms with Crippen LogP contribution in [0.5, 0.6) is 0 Å². The molecule has 2 heterocycles. The quantitative estimate of drug-likeness (QED) is 0.920. The van der Waals surface area contributed by atoms with Crippen LogP contribution in [0.1, 0.15) is 29.7 Å². The van der Waals surface area contributed by atoms with Crippen LogP contribution >= 0.6 is 22.7 Å². The van der Waals surface area contributed by atoms with Gasteiger partial charge in [0.25, 0.3) is 0 Å². The van der Waals surface area contributed by atoms with Crippen molar-refractivity contribution in [1.82, 2.24) is 4.98 Å². The molecule has 0 unspecified atom stereocenters. The minimum absolute atomic E-state index is 0.0891. The van der Waals surface area contributed by atoms with Crippen molar-refractivity contribution in [1.29, 1.82) is 0 Å². The van der Waals surface area contributed by atoms with Gasteiger partial charge in [0, 0.05) is 16.2 Å². The summed E-state index contributed by atoms with van der Waals surface area (Å²) < 4.78 is 0. The zero-order valence-corrected chi connectivity index (χ0v) is 11.3. The number of carboxylic acid groups (broad SMARTS) is 1. The molecule has 2 aromatic heterocycles. The Morgan fingerprint density at radius 3 is 2.82 bits per heavy atom. The molecule has 0 radical (unpaired) electrons. The highest BCUT2D eigenvalue weighted by Crippen LogP contribution is 2.31. The first-order chi connectivity index (χ1) is 8.06. The predicted octanol–water partition coefficient (Wildman–Crippen LogP) is 3.62. The molecule has 5 heteroatoms. The van der Waals surface area contributed by atoms with Crippen molar-refractivity contribution in [3.8, 4) is 10.6 Å². The number of carbonyl (C=O) groups is 1. The Kier molecular flexibility index (Phi) is 3.59. The van der Waals surface area contributed by atoms with Crippen LogP contribution in [0.15, 0.2) is 17.5 Å². The Morgan fingerprint density at radius 1 is 1.47 bits per heavy atom. The summed E-state index contributed by atoms with van der Waals surface area (Å²) >= 11 is 3.16. The van der Waals surface area contributed by atoms with Crippen LogP contribution in [0.3, 0.4) is 0 Å². The highest BCUT2D eigenvalue weighted by Gasteiger charge is 2.10. The maximum Gasteiger partial charge on any atom is 0.308 e. The monoisotopic (exact) mass is 267 g/mol. The van der Waals surface area contributed by atoms with E-state index in [9.17, 15) is 4.79 Å². The Balaban J connectivity index is 2.21. The number of aliphatic carboxylic acids is 1. The molecule has 17 heavy (non-hydrogen) atoms. The van der Waals surface area contributed by atoms with E-state index in [0.29, 0.717) is 5.92 Å². The molecule has 0 amide bonds. The zero-order chi connectivity index (χ0) is 12.4. The number of rotatable bonds is 4. The largest absolute Gasteiger partial charge is 0.481 e. The van der Waals surface area contributed by atoms with Gasteiger partial charge >= 0.3 is 5.97 Å². The first-order valence-electron chi connectivity index (χ1n) is 5.32. The summed E-state index contributed by atoms with van der Waals surface area (Å²) in [5.74, 6) is -0.355. The van der Waals surface area contributed by atoms with Gasteiger partial charge in [-0.2, -0.15) is 0 Å². The molecule has 0 saturated heterocycles. The summed E-state index contributed by atoms with van der Waals surface area (Å²) in [6.45, 7) is 4.24. The lowest BCUT2D eigenvalue weighted by molar-refractivity contribution is -0.136. The van der Waals surface area contributed by atoms with E-state index >= 15 is 0 Å². The van der Waals surface area contributed by atoms with Crippen molar-refractivity contribution in [2.24, 2.45) is 0 Å². The van der Waals surface area contributed by atoms with Crippen molar-refractivity contribution in [3.63, 3.8) is 0 Å². The van der Waals surface area contributed by atoms with Gasteiger partial charge in [0.05, 0.1) is 22.0 Å². The highest BCUT2D eigenvalue weighted by molar-refractivity contribution is 7.16. The molecule has 2 rings (SSSR count). The fourth-order valence-corrected chi connectivity index (χ4v) is 3.29. The minimum atomic E-state index is -0.792. The molecule has 3 nitrogen and oxygen atoms in total. The molecule has 90 valence electrons. The highest BCUT2D eigenvalue weighted by atomic mass is 32.1. The molecule has 0 aliphatic rings. The van der Waals surface area contributed by atoms with Gasteiger partial charge in [-0.25, -0.2) is 4.98 Å². The van der Waals surface area contributed by atoms with Crippen LogP contribution in [0.25, 0.3) is 10.6 Å². The smallest absolute Gasteiger partial charge is 0.308 e. The van der Waals surface area contributed by atoms with Crippen LogP contribution in [0.4, 0.5) is 0 Å². The molecule has 2 aromatic rings. The predicted molar refractivity (Wildman–Crippen MR) is 70.9 cm³/mol. The Labute approximate surface area is 108 Å². The van der Waals surface area contributed by atoms with Gasteiger partial charge in [-0.15, -0.1) is 22.7 Å². The Hall–Kier alpha value is -1.20. The normalized spacial score (nSPS) is 11.0. The number of nitrogens with zero attached hydrogens (tertiary/aromatic N) is 1. The van der Waals surface area contributed by atoms with Gasteiger partial charge in [-0.3, -0.25) is 4.79 Å². The van der Waals surface area contributed by atoms with E-state index in [2.05, 4.69) is 18.8 Å². The average Bonchev–Trinajstić information content (AvgIpc) is 2.83. The summed E-state index contributed by atoms with van der Waals surface area (Å²) in [5, 5.41) is 11.9. The van der Waals surface area contributed by atoms with E-state index in [4.69, 9.17) is 5.11 Å². The molecule has 0 aliphatic heterocycles. The topological polar surface area (TPSA) is 50.2 Å². The standard InChI is InChI=1S/C12H13NO2S2/c1-7(2)12-13-9(6-16-12)10-4-3-8(17-10)5-11(14)15/h3-4,6-7H,5H2,1-2H3,(H,14,15). The number of thiazole rings is 1. The van der Waals surface area contributed by atoms with Crippen molar-refractivity contribution in [2.75, 3.05) is 0 Å². The van der Waals surface area contributed by atoms with Gasteiger partial charge in [-0.1, -0.05) is 13.8 Å². The van der Waals surface area contributed by atoms with Crippen LogP contribution in [-0.4, -0.2) is 16.1 Å². The minimum Gasteiger partial charge on any atom is -0.481 e. The second-order valence-electron chi connectivity index (χ2n) is 4.06. The van der Waals surface area contributed by atoms with Crippen LogP contribution < -0.4 is 0 Å². The first-order valence-corrected chi connectivity index (χ1v) is 7.02. The fourth-order valence-electron chi connectivity index (χ4n) is 1.43. The summed E-state index contributed by atoms with van der Waals surface area (Å²) in [6.07, 6.45) is 0.0891. The van der Waals surface area contributed by atoms with Gasteiger partial charge < -0.3 is 5.11 Å². The summed E-state index contributed by atoms with van der Waals surface area (Å²) in [4.78, 5) is 17.1. The van der Waals surface area contributed by atoms with Crippen LogP contribution in [0, 0.1) is 0 Å². The van der Waals surface area contributed by atoms with Gasteiger partial charge in [0.15, 0.2) is 0 Å². The lowest BCUT2D eigenvalue weighted by Gasteiger charge is -1.95. The van der Waals surface area contributed by atoms with Crippen LogP contribution in [0.2, 0.25) is 0 Å². The van der Waals surface area contributed by atoms with E-state index in [-0.39, 0.29) is 6.42 Å². The molecule has 0 aliphatic carbocycles. The molecule has 0 aromatic carbocycles. The number of aromatic nitrogens is 1. The number of hydrogen-bond donors (Lipinski definition) is 1. The van der Waals surface area contributed by atoms with E-state index in [1.807, 2.05) is 17.5 Å². The summed E-state index contributed by atoms with van der Waals surface area (Å²) in [6, 6.07) is 3.81. The van der Waals surface area contributed by atoms with Crippen LogP contribution in [-0.2, 0) is 11.2 Å². The molecule has 0 bridgehead atoms. The molecule has 0 atom stereocenters. The number of thiophene rings is 1. The van der Waals surface area contributed by atoms with Crippen molar-refractivity contribution >= 4 is 28.6 Å². The lowest BCUT2D eigenvalue weighted by atomic mass is 10.2. The van der Waals surface area contributed by atoms with Gasteiger partial charge in [0.2, 0.25) is 0 Å². The summed E-state index contributed by atoms with van der Waals surface area (Å²) in [5.41, 5.74) is 0.959. The van der Waals surface area contributed by atoms with E-state index in [1.54, 1.807) is 11.3 Å². The fraction of sp³-hybridized carbons (Fsp3) is 0.333. The summed E-state index contributed by atoms with van der Waals surface area (Å²) in [7, 11) is 0. The third-order valence-corrected chi connectivity index (χ3v) is 4.51. The third-order valence-electron chi connectivity index (χ3n) is 2.26. The number of carboxylic acids is 1. The van der Waals surface area contributed by atoms with E-state index < -0.39 is 5.97 Å². The molecular formula is C12H13NO2S2. The Bertz CT molecular complexity index is 528. The zero-order valence-electron chi connectivity index (χ0n) is 9.64. The Morgan fingerprint density at radius 2 is 2.24 bits per heavy atom. The van der Waals surface area contributed by atoms with Crippen molar-refractivity contribution < 1.29 is 9.90 Å². The maximum absolute atomic E-state index is 10.6. The van der Waals surface area contributed by atoms with Gasteiger partial charge in [0.1, 0.15) is 0 Å². The van der Waals surface area contributed by atoms with Crippen molar-refractivity contribution in [2.45, 2.75) is 26.2 Å². The first kappa shape index (κ1) is 12.3. The SMILES string of the molecule is CC(C)c1nc(-c2ccc(CC(=O)O)s2)cs1. The molecule has 0 fully saturated rings. The van der Waals surface area contributed by atoms with Gasteiger partial charge in [-0.05, 0) is 12.1 Å². The van der Waals surface area contributed by atoms with E-state index in [1.165, 1.54) is 11.3 Å². The maximum atomic E-state index is 10.6. The molecule has 0 saturated carbocycles. The second kappa shape index (κ2) is 4.98. The average molecular weight is 267 g/mol. The molecule has 1 N–H and O–H groups in total. The molecular weight excluding hydrogens is 254 g/mol. The van der Waals surface area contributed by atoms with Crippen molar-refractivity contribution in [3.05, 3.63) is 27.4 Å². The second-order valence-corrected chi connectivity index (χ2v) is 6.12. The molecule has 0 spiro atoms.